The van der Waals surface area contributed by atoms with E-state index < -0.39 is 30.2 Å². The molecule has 0 unspecified atom stereocenters. The monoisotopic (exact) mass is 355 g/mol. The van der Waals surface area contributed by atoms with E-state index in [1.807, 2.05) is 0 Å². The predicted molar refractivity (Wildman–Crippen MR) is 82.0 cm³/mol. The van der Waals surface area contributed by atoms with Gasteiger partial charge in [-0.3, -0.25) is 9.59 Å². The minimum Gasteiger partial charge on any atom is -0.480 e. The summed E-state index contributed by atoms with van der Waals surface area (Å²) in [6.07, 6.45) is -4.46. The number of carboxylic acid groups (broad SMARTS) is 1. The van der Waals surface area contributed by atoms with Gasteiger partial charge >= 0.3 is 12.1 Å². The molecule has 0 saturated carbocycles. The van der Waals surface area contributed by atoms with Gasteiger partial charge in [0, 0.05) is 12.1 Å². The van der Waals surface area contributed by atoms with Crippen LogP contribution in [0.2, 0.25) is 0 Å². The van der Waals surface area contributed by atoms with Gasteiger partial charge in [0.15, 0.2) is 5.76 Å². The lowest BCUT2D eigenvalue weighted by Gasteiger charge is -2.20. The van der Waals surface area contributed by atoms with E-state index in [4.69, 9.17) is 9.52 Å². The zero-order valence-corrected chi connectivity index (χ0v) is 13.6. The number of rotatable bonds is 5. The molecule has 1 aromatic carbocycles. The fourth-order valence-corrected chi connectivity index (χ4v) is 2.38. The van der Waals surface area contributed by atoms with Crippen molar-refractivity contribution in [3.05, 3.63) is 58.5 Å². The summed E-state index contributed by atoms with van der Waals surface area (Å²) in [5.74, 6) is -1.34. The molecule has 0 fully saturated rings. The van der Waals surface area contributed by atoms with Gasteiger partial charge in [0.2, 0.25) is 0 Å². The predicted octanol–water partition coefficient (Wildman–Crippen LogP) is 3.64. The number of hydrogen-bond donors (Lipinski definition) is 1. The molecule has 0 atom stereocenters. The van der Waals surface area contributed by atoms with E-state index in [1.54, 1.807) is 19.9 Å². The van der Waals surface area contributed by atoms with Gasteiger partial charge in [0.05, 0.1) is 5.56 Å². The van der Waals surface area contributed by atoms with Crippen LogP contribution < -0.4 is 0 Å². The van der Waals surface area contributed by atoms with Gasteiger partial charge in [-0.1, -0.05) is 12.1 Å². The van der Waals surface area contributed by atoms with Crippen molar-refractivity contribution in [2.24, 2.45) is 0 Å². The molecule has 0 aliphatic rings. The molecule has 8 heteroatoms. The number of nitrogens with zero attached hydrogens (tertiary/aromatic N) is 1. The zero-order chi connectivity index (χ0) is 18.8. The first-order chi connectivity index (χ1) is 11.6. The lowest BCUT2D eigenvalue weighted by atomic mass is 10.1. The zero-order valence-electron chi connectivity index (χ0n) is 13.6. The molecule has 134 valence electrons. The summed E-state index contributed by atoms with van der Waals surface area (Å²) in [6, 6.07) is 5.85. The Labute approximate surface area is 141 Å². The topological polar surface area (TPSA) is 70.8 Å². The van der Waals surface area contributed by atoms with Crippen molar-refractivity contribution in [1.29, 1.82) is 0 Å². The molecule has 1 aromatic heterocycles. The fraction of sp³-hybridized carbons (Fsp3) is 0.294. The lowest BCUT2D eigenvalue weighted by molar-refractivity contribution is -0.138. The van der Waals surface area contributed by atoms with Crippen molar-refractivity contribution < 1.29 is 32.3 Å². The van der Waals surface area contributed by atoms with Crippen molar-refractivity contribution in [3.63, 3.8) is 0 Å². The second kappa shape index (κ2) is 7.00. The van der Waals surface area contributed by atoms with Crippen LogP contribution in [0, 0.1) is 13.8 Å². The Bertz CT molecular complexity index is 778. The third-order valence-electron chi connectivity index (χ3n) is 3.50. The molecular weight excluding hydrogens is 339 g/mol. The number of aliphatic carboxylic acids is 1. The van der Waals surface area contributed by atoms with Gasteiger partial charge < -0.3 is 14.4 Å². The van der Waals surface area contributed by atoms with Gasteiger partial charge in [-0.2, -0.15) is 13.2 Å². The average Bonchev–Trinajstić information content (AvgIpc) is 2.83. The van der Waals surface area contributed by atoms with Crippen LogP contribution in [0.5, 0.6) is 0 Å². The highest BCUT2D eigenvalue weighted by Gasteiger charge is 2.30. The van der Waals surface area contributed by atoms with E-state index >= 15 is 0 Å². The lowest BCUT2D eigenvalue weighted by Crippen LogP contribution is -2.35. The molecule has 0 aliphatic heterocycles. The average molecular weight is 355 g/mol. The van der Waals surface area contributed by atoms with Crippen LogP contribution in [0.4, 0.5) is 13.2 Å². The number of furan rings is 1. The van der Waals surface area contributed by atoms with E-state index in [2.05, 4.69) is 0 Å². The maximum absolute atomic E-state index is 12.6. The molecule has 0 radical (unpaired) electrons. The molecule has 2 aromatic rings. The van der Waals surface area contributed by atoms with E-state index in [9.17, 15) is 22.8 Å². The summed E-state index contributed by atoms with van der Waals surface area (Å²) in [4.78, 5) is 24.6. The first kappa shape index (κ1) is 18.6. The largest absolute Gasteiger partial charge is 0.480 e. The third kappa shape index (κ3) is 4.62. The first-order valence-corrected chi connectivity index (χ1v) is 7.32. The summed E-state index contributed by atoms with van der Waals surface area (Å²) >= 11 is 0. The summed E-state index contributed by atoms with van der Waals surface area (Å²) in [5, 5.41) is 9.01. The molecule has 2 rings (SSSR count). The van der Waals surface area contributed by atoms with Crippen LogP contribution in [0.1, 0.15) is 33.0 Å². The van der Waals surface area contributed by atoms with E-state index in [-0.39, 0.29) is 12.3 Å². The van der Waals surface area contributed by atoms with Gasteiger partial charge in [-0.15, -0.1) is 0 Å². The Kier molecular flexibility index (Phi) is 5.20. The number of alkyl halides is 3. The number of carbonyl (C=O) groups excluding carboxylic acids is 1. The number of aryl methyl sites for hydroxylation is 2. The molecule has 1 N–H and O–H groups in total. The fourth-order valence-electron chi connectivity index (χ4n) is 2.38. The second-order valence-corrected chi connectivity index (χ2v) is 5.62. The number of carboxylic acids is 1. The van der Waals surface area contributed by atoms with Crippen molar-refractivity contribution in [2.45, 2.75) is 26.6 Å². The molecule has 5 nitrogen and oxygen atoms in total. The number of hydrogen-bond acceptors (Lipinski definition) is 3. The number of carbonyl (C=O) groups is 2. The Balaban J connectivity index is 2.24. The minimum absolute atomic E-state index is 0.0191. The van der Waals surface area contributed by atoms with Crippen LogP contribution in [-0.2, 0) is 17.5 Å². The standard InChI is InChI=1S/C17H16F3NO4/c1-10-7-11(2)25-15(10)16(24)21(9-14(22)23)8-12-3-5-13(6-4-12)17(18,19)20/h3-7H,8-9H2,1-2H3,(H,22,23). The second-order valence-electron chi connectivity index (χ2n) is 5.62. The van der Waals surface area contributed by atoms with Crippen molar-refractivity contribution in [2.75, 3.05) is 6.54 Å². The minimum atomic E-state index is -4.46. The van der Waals surface area contributed by atoms with E-state index in [0.29, 0.717) is 16.9 Å². The maximum atomic E-state index is 12.6. The maximum Gasteiger partial charge on any atom is 0.416 e. The van der Waals surface area contributed by atoms with Crippen LogP contribution in [0.15, 0.2) is 34.7 Å². The molecule has 0 saturated heterocycles. The summed E-state index contributed by atoms with van der Waals surface area (Å²) < 4.78 is 43.1. The smallest absolute Gasteiger partial charge is 0.416 e. The molecule has 1 amide bonds. The van der Waals surface area contributed by atoms with Gasteiger partial charge in [0.25, 0.3) is 5.91 Å². The number of benzene rings is 1. The molecule has 1 heterocycles. The summed E-state index contributed by atoms with van der Waals surface area (Å²) in [7, 11) is 0. The Morgan fingerprint density at radius 1 is 1.16 bits per heavy atom. The highest BCUT2D eigenvalue weighted by atomic mass is 19.4. The van der Waals surface area contributed by atoms with Crippen LogP contribution >= 0.6 is 0 Å². The molecule has 0 spiro atoms. The number of halogens is 3. The number of amides is 1. The van der Waals surface area contributed by atoms with Crippen molar-refractivity contribution in [3.8, 4) is 0 Å². The molecule has 0 bridgehead atoms. The van der Waals surface area contributed by atoms with Gasteiger partial charge in [0.1, 0.15) is 12.3 Å². The Hall–Kier alpha value is -2.77. The quantitative estimate of drug-likeness (QED) is 0.889. The van der Waals surface area contributed by atoms with Gasteiger partial charge in [-0.25, -0.2) is 0 Å². The molecule has 0 aliphatic carbocycles. The van der Waals surface area contributed by atoms with Crippen LogP contribution in [0.3, 0.4) is 0 Å². The Morgan fingerprint density at radius 3 is 2.20 bits per heavy atom. The van der Waals surface area contributed by atoms with Crippen molar-refractivity contribution in [1.82, 2.24) is 4.90 Å². The highest BCUT2D eigenvalue weighted by molar-refractivity contribution is 5.94. The first-order valence-electron chi connectivity index (χ1n) is 7.32. The molecule has 25 heavy (non-hydrogen) atoms. The van der Waals surface area contributed by atoms with E-state index in [0.717, 1.165) is 17.0 Å². The summed E-state index contributed by atoms with van der Waals surface area (Å²) in [5.41, 5.74) is 0.124. The van der Waals surface area contributed by atoms with E-state index in [1.165, 1.54) is 12.1 Å². The third-order valence-corrected chi connectivity index (χ3v) is 3.50. The van der Waals surface area contributed by atoms with Gasteiger partial charge in [-0.05, 0) is 37.6 Å². The SMILES string of the molecule is Cc1cc(C)c(C(=O)N(CC(=O)O)Cc2ccc(C(F)(F)F)cc2)o1. The molecular formula is C17H16F3NO4. The Morgan fingerprint density at radius 2 is 1.76 bits per heavy atom. The highest BCUT2D eigenvalue weighted by Crippen LogP contribution is 2.29. The van der Waals surface area contributed by atoms with Crippen LogP contribution in [-0.4, -0.2) is 28.4 Å². The van der Waals surface area contributed by atoms with Crippen LogP contribution in [0.25, 0.3) is 0 Å². The normalized spacial score (nSPS) is 11.4. The van der Waals surface area contributed by atoms with Crippen molar-refractivity contribution >= 4 is 11.9 Å². The summed E-state index contributed by atoms with van der Waals surface area (Å²) in [6.45, 7) is 2.56.